The number of nitrogens with zero attached hydrogens (tertiary/aromatic N) is 1. The van der Waals surface area contributed by atoms with E-state index in [1.54, 1.807) is 30.1 Å². The highest BCUT2D eigenvalue weighted by atomic mass is 16.5. The quantitative estimate of drug-likeness (QED) is 0.622. The van der Waals surface area contributed by atoms with Crippen LogP contribution in [0, 0.1) is 11.8 Å². The molecular weight excluding hydrogens is 458 g/mol. The number of ether oxygens (including phenoxy) is 2. The summed E-state index contributed by atoms with van der Waals surface area (Å²) in [7, 11) is 1.80. The van der Waals surface area contributed by atoms with Crippen molar-refractivity contribution in [1.82, 2.24) is 10.2 Å². The SMILES string of the molecule is CN1C(=O)c2cc(NC(=O)C3CCC3)ccc2OC[C@H]2O[C@H](CC(=O)NCC3CCCCC3)CC[C@@H]21. The topological polar surface area (TPSA) is 97.0 Å². The Labute approximate surface area is 213 Å². The number of carbonyl (C=O) groups is 3. The molecule has 2 N–H and O–H groups in total. The number of carbonyl (C=O) groups excluding carboxylic acids is 3. The lowest BCUT2D eigenvalue weighted by atomic mass is 9.85. The molecule has 0 bridgehead atoms. The Morgan fingerprint density at radius 1 is 1.03 bits per heavy atom. The van der Waals surface area contributed by atoms with E-state index >= 15 is 0 Å². The number of rotatable bonds is 6. The first-order valence-electron chi connectivity index (χ1n) is 13.7. The van der Waals surface area contributed by atoms with Crippen molar-refractivity contribution in [3.8, 4) is 5.75 Å². The van der Waals surface area contributed by atoms with E-state index in [2.05, 4.69) is 10.6 Å². The molecular formula is C28H39N3O5. The molecule has 5 rings (SSSR count). The van der Waals surface area contributed by atoms with Gasteiger partial charge in [-0.3, -0.25) is 14.4 Å². The molecule has 1 saturated heterocycles. The van der Waals surface area contributed by atoms with Crippen molar-refractivity contribution in [1.29, 1.82) is 0 Å². The number of hydrogen-bond donors (Lipinski definition) is 2. The predicted octanol–water partition coefficient (Wildman–Crippen LogP) is 3.89. The lowest BCUT2D eigenvalue weighted by Crippen LogP contribution is -2.54. The second-order valence-electron chi connectivity index (χ2n) is 11.0. The maximum atomic E-state index is 13.4. The molecule has 2 saturated carbocycles. The van der Waals surface area contributed by atoms with E-state index in [4.69, 9.17) is 9.47 Å². The Morgan fingerprint density at radius 2 is 1.83 bits per heavy atom. The van der Waals surface area contributed by atoms with Crippen LogP contribution in [-0.2, 0) is 14.3 Å². The molecule has 36 heavy (non-hydrogen) atoms. The number of hydrogen-bond acceptors (Lipinski definition) is 5. The summed E-state index contributed by atoms with van der Waals surface area (Å²) in [6.07, 6.45) is 10.5. The summed E-state index contributed by atoms with van der Waals surface area (Å²) in [5.41, 5.74) is 1.07. The van der Waals surface area contributed by atoms with Gasteiger partial charge in [0.2, 0.25) is 11.8 Å². The van der Waals surface area contributed by atoms with Crippen molar-refractivity contribution in [2.75, 3.05) is 25.5 Å². The smallest absolute Gasteiger partial charge is 0.257 e. The molecule has 3 amide bonds. The van der Waals surface area contributed by atoms with Crippen molar-refractivity contribution in [3.63, 3.8) is 0 Å². The number of benzene rings is 1. The summed E-state index contributed by atoms with van der Waals surface area (Å²) in [6.45, 7) is 1.07. The fourth-order valence-electron chi connectivity index (χ4n) is 5.95. The monoisotopic (exact) mass is 497 g/mol. The normalized spacial score (nSPS) is 27.0. The number of fused-ring (bicyclic) bond motifs is 2. The first kappa shape index (κ1) is 25.1. The zero-order chi connectivity index (χ0) is 25.1. The van der Waals surface area contributed by atoms with E-state index in [0.29, 0.717) is 35.9 Å². The van der Waals surface area contributed by atoms with Gasteiger partial charge in [-0.2, -0.15) is 0 Å². The molecule has 2 heterocycles. The van der Waals surface area contributed by atoms with Gasteiger partial charge in [-0.05, 0) is 62.6 Å². The molecule has 0 unspecified atom stereocenters. The molecule has 1 aromatic carbocycles. The summed E-state index contributed by atoms with van der Waals surface area (Å²) in [4.78, 5) is 40.1. The minimum Gasteiger partial charge on any atom is -0.490 e. The minimum absolute atomic E-state index is 0.0170. The third kappa shape index (κ3) is 5.69. The van der Waals surface area contributed by atoms with Crippen LogP contribution in [0.15, 0.2) is 18.2 Å². The van der Waals surface area contributed by atoms with Gasteiger partial charge < -0.3 is 25.0 Å². The summed E-state index contributed by atoms with van der Waals surface area (Å²) >= 11 is 0. The fourth-order valence-corrected chi connectivity index (χ4v) is 5.95. The van der Waals surface area contributed by atoms with E-state index in [0.717, 1.165) is 38.6 Å². The van der Waals surface area contributed by atoms with Gasteiger partial charge in [-0.15, -0.1) is 0 Å². The molecule has 0 radical (unpaired) electrons. The number of amides is 3. The van der Waals surface area contributed by atoms with E-state index in [1.807, 2.05) is 0 Å². The van der Waals surface area contributed by atoms with Crippen LogP contribution in [-0.4, -0.2) is 61.1 Å². The highest BCUT2D eigenvalue weighted by Crippen LogP contribution is 2.33. The van der Waals surface area contributed by atoms with Gasteiger partial charge in [0, 0.05) is 25.2 Å². The van der Waals surface area contributed by atoms with Crippen molar-refractivity contribution in [2.45, 2.75) is 88.9 Å². The minimum atomic E-state index is -0.296. The highest BCUT2D eigenvalue weighted by Gasteiger charge is 2.39. The van der Waals surface area contributed by atoms with E-state index in [-0.39, 0.29) is 41.9 Å². The van der Waals surface area contributed by atoms with Crippen molar-refractivity contribution in [3.05, 3.63) is 23.8 Å². The van der Waals surface area contributed by atoms with Crippen LogP contribution in [0.2, 0.25) is 0 Å². The van der Waals surface area contributed by atoms with Gasteiger partial charge in [0.05, 0.1) is 24.1 Å². The summed E-state index contributed by atoms with van der Waals surface area (Å²) < 4.78 is 12.4. The first-order chi connectivity index (χ1) is 17.5. The number of nitrogens with one attached hydrogen (secondary N) is 2. The second-order valence-corrected chi connectivity index (χ2v) is 11.0. The maximum absolute atomic E-state index is 13.4. The van der Waals surface area contributed by atoms with Gasteiger partial charge >= 0.3 is 0 Å². The van der Waals surface area contributed by atoms with Crippen molar-refractivity contribution < 1.29 is 23.9 Å². The van der Waals surface area contributed by atoms with Crippen LogP contribution in [0.4, 0.5) is 5.69 Å². The molecule has 8 heteroatoms. The van der Waals surface area contributed by atoms with Crippen molar-refractivity contribution in [2.24, 2.45) is 11.8 Å². The Bertz CT molecular complexity index is 972. The molecule has 3 atom stereocenters. The Hall–Kier alpha value is -2.61. The van der Waals surface area contributed by atoms with Crippen LogP contribution in [0.25, 0.3) is 0 Å². The summed E-state index contributed by atoms with van der Waals surface area (Å²) in [6, 6.07) is 5.12. The molecule has 4 aliphatic rings. The third-order valence-electron chi connectivity index (χ3n) is 8.48. The average Bonchev–Trinajstić information content (AvgIpc) is 2.85. The van der Waals surface area contributed by atoms with Gasteiger partial charge in [0.15, 0.2) is 0 Å². The van der Waals surface area contributed by atoms with Crippen LogP contribution in [0.3, 0.4) is 0 Å². The molecule has 1 aromatic rings. The Morgan fingerprint density at radius 3 is 2.58 bits per heavy atom. The average molecular weight is 498 g/mol. The van der Waals surface area contributed by atoms with Crippen LogP contribution in [0.1, 0.15) is 81.0 Å². The number of likely N-dealkylation sites (N-methyl/N-ethyl adjacent to an activating group) is 1. The predicted molar refractivity (Wildman–Crippen MR) is 136 cm³/mol. The third-order valence-corrected chi connectivity index (χ3v) is 8.48. The first-order valence-corrected chi connectivity index (χ1v) is 13.7. The summed E-state index contributed by atoms with van der Waals surface area (Å²) in [5, 5.41) is 6.06. The van der Waals surface area contributed by atoms with E-state index in [1.165, 1.54) is 32.1 Å². The van der Waals surface area contributed by atoms with Gasteiger partial charge in [-0.25, -0.2) is 0 Å². The Kier molecular flexibility index (Phi) is 7.79. The molecule has 2 aliphatic carbocycles. The molecule has 196 valence electrons. The van der Waals surface area contributed by atoms with E-state index < -0.39 is 0 Å². The molecule has 0 spiro atoms. The van der Waals surface area contributed by atoms with Gasteiger partial charge in [0.25, 0.3) is 5.91 Å². The van der Waals surface area contributed by atoms with Gasteiger partial charge in [-0.1, -0.05) is 25.7 Å². The molecule has 0 aromatic heterocycles. The zero-order valence-corrected chi connectivity index (χ0v) is 21.3. The van der Waals surface area contributed by atoms with Gasteiger partial charge in [0.1, 0.15) is 18.5 Å². The highest BCUT2D eigenvalue weighted by molar-refractivity contribution is 6.00. The fraction of sp³-hybridized carbons (Fsp3) is 0.679. The Balaban J connectivity index is 1.18. The van der Waals surface area contributed by atoms with Crippen LogP contribution in [0.5, 0.6) is 5.75 Å². The zero-order valence-electron chi connectivity index (χ0n) is 21.3. The van der Waals surface area contributed by atoms with Crippen LogP contribution >= 0.6 is 0 Å². The second kappa shape index (κ2) is 11.2. The lowest BCUT2D eigenvalue weighted by Gasteiger charge is -2.42. The number of anilines is 1. The molecule has 8 nitrogen and oxygen atoms in total. The standard InChI is InChI=1S/C28H39N3O5/c1-31-23-12-11-21(15-26(32)29-16-18-6-3-2-4-7-18)36-25(23)17-35-24-13-10-20(14-22(24)28(31)34)30-27(33)19-8-5-9-19/h10,13-14,18-19,21,23,25H,2-9,11-12,15-17H2,1H3,(H,29,32)(H,30,33)/t21-,23-,25+/m0/s1. The lowest BCUT2D eigenvalue weighted by molar-refractivity contribution is -0.134. The maximum Gasteiger partial charge on any atom is 0.257 e. The summed E-state index contributed by atoms with van der Waals surface area (Å²) in [5.74, 6) is 1.08. The largest absolute Gasteiger partial charge is 0.490 e. The molecule has 2 aliphatic heterocycles. The molecule has 3 fully saturated rings. The van der Waals surface area contributed by atoms with Crippen molar-refractivity contribution >= 4 is 23.4 Å². The van der Waals surface area contributed by atoms with E-state index in [9.17, 15) is 14.4 Å². The van der Waals surface area contributed by atoms with Crippen LogP contribution < -0.4 is 15.4 Å².